The standard InChI is InChI=1S/C19H27N5O3/c25-17(13-1-2-13)24-7-3-14-16(22-12-21-14)19(24)4-8-23(9-5-19)18(26)15-11-20-6-10-27-15/h12-13,15,20H,1-11H2,(H,21,22)/t15-/m0/s1. The molecular weight excluding hydrogens is 346 g/mol. The van der Waals surface area contributed by atoms with E-state index in [9.17, 15) is 9.59 Å². The molecule has 1 saturated carbocycles. The normalized spacial score (nSPS) is 27.5. The molecule has 4 aliphatic rings. The predicted molar refractivity (Wildman–Crippen MR) is 96.8 cm³/mol. The van der Waals surface area contributed by atoms with Gasteiger partial charge in [0.15, 0.2) is 0 Å². The minimum Gasteiger partial charge on any atom is -0.366 e. The summed E-state index contributed by atoms with van der Waals surface area (Å²) >= 11 is 0. The van der Waals surface area contributed by atoms with E-state index in [4.69, 9.17) is 4.74 Å². The summed E-state index contributed by atoms with van der Waals surface area (Å²) in [5.41, 5.74) is 1.80. The van der Waals surface area contributed by atoms with Crippen molar-refractivity contribution < 1.29 is 14.3 Å². The van der Waals surface area contributed by atoms with Crippen LogP contribution in [0.25, 0.3) is 0 Å². The summed E-state index contributed by atoms with van der Waals surface area (Å²) in [6, 6.07) is 0. The van der Waals surface area contributed by atoms with E-state index in [1.807, 2.05) is 4.90 Å². The molecule has 0 bridgehead atoms. The van der Waals surface area contributed by atoms with E-state index < -0.39 is 0 Å². The number of hydrogen-bond donors (Lipinski definition) is 2. The molecule has 146 valence electrons. The van der Waals surface area contributed by atoms with Crippen LogP contribution in [0.15, 0.2) is 6.33 Å². The van der Waals surface area contributed by atoms with Crippen LogP contribution in [0.1, 0.15) is 37.1 Å². The summed E-state index contributed by atoms with van der Waals surface area (Å²) in [7, 11) is 0. The van der Waals surface area contributed by atoms with Gasteiger partial charge in [-0.15, -0.1) is 0 Å². The molecule has 0 unspecified atom stereocenters. The number of nitrogens with one attached hydrogen (secondary N) is 2. The van der Waals surface area contributed by atoms with Crippen LogP contribution in [0.2, 0.25) is 0 Å². The van der Waals surface area contributed by atoms with Crippen molar-refractivity contribution in [2.45, 2.75) is 43.7 Å². The zero-order chi connectivity index (χ0) is 18.4. The van der Waals surface area contributed by atoms with Crippen molar-refractivity contribution in [3.05, 3.63) is 17.7 Å². The molecule has 1 aromatic rings. The van der Waals surface area contributed by atoms with Crippen molar-refractivity contribution in [1.29, 1.82) is 0 Å². The van der Waals surface area contributed by atoms with Crippen LogP contribution in [0.3, 0.4) is 0 Å². The van der Waals surface area contributed by atoms with Gasteiger partial charge in [0.25, 0.3) is 5.91 Å². The highest BCUT2D eigenvalue weighted by atomic mass is 16.5. The topological polar surface area (TPSA) is 90.6 Å². The zero-order valence-corrected chi connectivity index (χ0v) is 15.6. The number of nitrogens with zero attached hydrogens (tertiary/aromatic N) is 3. The Labute approximate surface area is 158 Å². The minimum absolute atomic E-state index is 0.0650. The number of aromatic nitrogens is 2. The Morgan fingerprint density at radius 3 is 2.70 bits per heavy atom. The van der Waals surface area contributed by atoms with E-state index >= 15 is 0 Å². The third kappa shape index (κ3) is 2.86. The number of likely N-dealkylation sites (tertiary alicyclic amines) is 1. The van der Waals surface area contributed by atoms with E-state index in [0.29, 0.717) is 26.2 Å². The van der Waals surface area contributed by atoms with Gasteiger partial charge in [-0.25, -0.2) is 4.98 Å². The molecular formula is C19H27N5O3. The number of morpholine rings is 1. The number of rotatable bonds is 2. The highest BCUT2D eigenvalue weighted by molar-refractivity contribution is 5.83. The molecule has 27 heavy (non-hydrogen) atoms. The number of ether oxygens (including phenoxy) is 1. The monoisotopic (exact) mass is 373 g/mol. The fourth-order valence-electron chi connectivity index (χ4n) is 4.88. The van der Waals surface area contributed by atoms with Gasteiger partial charge in [0.05, 0.1) is 24.2 Å². The Bertz CT molecular complexity index is 729. The van der Waals surface area contributed by atoms with Gasteiger partial charge in [-0.2, -0.15) is 0 Å². The van der Waals surface area contributed by atoms with Gasteiger partial charge in [0.1, 0.15) is 6.10 Å². The maximum Gasteiger partial charge on any atom is 0.253 e. The first-order valence-electron chi connectivity index (χ1n) is 10.1. The molecule has 0 radical (unpaired) electrons. The molecule has 1 spiro atoms. The van der Waals surface area contributed by atoms with Crippen molar-refractivity contribution in [3.8, 4) is 0 Å². The van der Waals surface area contributed by atoms with Crippen molar-refractivity contribution >= 4 is 11.8 Å². The summed E-state index contributed by atoms with van der Waals surface area (Å²) in [6.45, 7) is 3.98. The SMILES string of the molecule is O=C([C@@H]1CNCCO1)N1CCC2(CC1)c1nc[nH]c1CCN2C(=O)C1CC1. The lowest BCUT2D eigenvalue weighted by Gasteiger charge is -2.51. The number of piperidine rings is 1. The molecule has 3 aliphatic heterocycles. The van der Waals surface area contributed by atoms with Gasteiger partial charge in [-0.3, -0.25) is 9.59 Å². The van der Waals surface area contributed by atoms with Gasteiger partial charge in [-0.1, -0.05) is 0 Å². The smallest absolute Gasteiger partial charge is 0.253 e. The van der Waals surface area contributed by atoms with Crippen LogP contribution in [-0.4, -0.2) is 77.0 Å². The Hall–Kier alpha value is -1.93. The Balaban J connectivity index is 1.36. The molecule has 1 aliphatic carbocycles. The first-order valence-corrected chi connectivity index (χ1v) is 10.1. The van der Waals surface area contributed by atoms with Crippen LogP contribution in [0.5, 0.6) is 0 Å². The first kappa shape index (κ1) is 17.2. The second-order valence-corrected chi connectivity index (χ2v) is 8.16. The zero-order valence-electron chi connectivity index (χ0n) is 15.6. The molecule has 4 heterocycles. The van der Waals surface area contributed by atoms with E-state index in [1.54, 1.807) is 6.33 Å². The maximum atomic E-state index is 13.0. The fourth-order valence-corrected chi connectivity index (χ4v) is 4.88. The molecule has 2 saturated heterocycles. The second-order valence-electron chi connectivity index (χ2n) is 8.16. The lowest BCUT2D eigenvalue weighted by molar-refractivity contribution is -0.151. The van der Waals surface area contributed by atoms with Crippen LogP contribution >= 0.6 is 0 Å². The number of imidazole rings is 1. The number of H-pyrrole nitrogens is 1. The van der Waals surface area contributed by atoms with Gasteiger partial charge >= 0.3 is 0 Å². The maximum absolute atomic E-state index is 13.0. The highest BCUT2D eigenvalue weighted by Gasteiger charge is 2.51. The average molecular weight is 373 g/mol. The van der Waals surface area contributed by atoms with Gasteiger partial charge in [-0.05, 0) is 25.7 Å². The quantitative estimate of drug-likeness (QED) is 0.762. The molecule has 5 rings (SSSR count). The van der Waals surface area contributed by atoms with Crippen LogP contribution in [0, 0.1) is 5.92 Å². The van der Waals surface area contributed by atoms with Crippen LogP contribution in [-0.2, 0) is 26.3 Å². The first-order chi connectivity index (χ1) is 13.2. The van der Waals surface area contributed by atoms with Crippen molar-refractivity contribution in [2.24, 2.45) is 5.92 Å². The molecule has 1 aromatic heterocycles. The van der Waals surface area contributed by atoms with E-state index in [-0.39, 0.29) is 29.4 Å². The van der Waals surface area contributed by atoms with Crippen molar-refractivity contribution in [2.75, 3.05) is 39.3 Å². The molecule has 0 aromatic carbocycles. The second kappa shape index (κ2) is 6.60. The molecule has 2 amide bonds. The Morgan fingerprint density at radius 1 is 1.19 bits per heavy atom. The van der Waals surface area contributed by atoms with E-state index in [1.165, 1.54) is 0 Å². The molecule has 8 nitrogen and oxygen atoms in total. The van der Waals surface area contributed by atoms with E-state index in [2.05, 4.69) is 20.2 Å². The summed E-state index contributed by atoms with van der Waals surface area (Å²) in [6.07, 6.45) is 5.70. The number of amides is 2. The largest absolute Gasteiger partial charge is 0.366 e. The Kier molecular flexibility index (Phi) is 4.20. The van der Waals surface area contributed by atoms with Gasteiger partial charge in [0.2, 0.25) is 5.91 Å². The summed E-state index contributed by atoms with van der Waals surface area (Å²) < 4.78 is 5.64. The lowest BCUT2D eigenvalue weighted by atomic mass is 9.78. The van der Waals surface area contributed by atoms with Crippen molar-refractivity contribution in [1.82, 2.24) is 25.1 Å². The van der Waals surface area contributed by atoms with Crippen LogP contribution < -0.4 is 5.32 Å². The summed E-state index contributed by atoms with van der Waals surface area (Å²) in [5, 5.41) is 3.22. The minimum atomic E-state index is -0.385. The molecule has 8 heteroatoms. The average Bonchev–Trinajstić information content (AvgIpc) is 3.45. The number of aromatic amines is 1. The number of fused-ring (bicyclic) bond motifs is 2. The summed E-state index contributed by atoms with van der Waals surface area (Å²) in [4.78, 5) is 37.7. The number of carbonyl (C=O) groups is 2. The highest BCUT2D eigenvalue weighted by Crippen LogP contribution is 2.45. The lowest BCUT2D eigenvalue weighted by Crippen LogP contribution is -2.60. The van der Waals surface area contributed by atoms with E-state index in [0.717, 1.165) is 56.6 Å². The fraction of sp³-hybridized carbons (Fsp3) is 0.737. The third-order valence-electron chi connectivity index (χ3n) is 6.56. The molecule has 1 atom stereocenters. The van der Waals surface area contributed by atoms with Gasteiger partial charge in [0, 0.05) is 50.8 Å². The van der Waals surface area contributed by atoms with Crippen LogP contribution in [0.4, 0.5) is 0 Å². The predicted octanol–water partition coefficient (Wildman–Crippen LogP) is 0.0105. The number of hydrogen-bond acceptors (Lipinski definition) is 5. The third-order valence-corrected chi connectivity index (χ3v) is 6.56. The Morgan fingerprint density at radius 2 is 2.00 bits per heavy atom. The number of carbonyl (C=O) groups excluding carboxylic acids is 2. The van der Waals surface area contributed by atoms with Gasteiger partial charge < -0.3 is 24.8 Å². The molecule has 3 fully saturated rings. The van der Waals surface area contributed by atoms with Crippen molar-refractivity contribution in [3.63, 3.8) is 0 Å². The summed E-state index contributed by atoms with van der Waals surface area (Å²) in [5.74, 6) is 0.544. The molecule has 2 N–H and O–H groups in total.